The first-order valence-electron chi connectivity index (χ1n) is 14.2. The zero-order chi connectivity index (χ0) is 28.4. The van der Waals surface area contributed by atoms with Gasteiger partial charge in [0.2, 0.25) is 0 Å². The maximum absolute atomic E-state index is 5.21. The summed E-state index contributed by atoms with van der Waals surface area (Å²) in [6.45, 7) is 4.60. The van der Waals surface area contributed by atoms with Crippen molar-refractivity contribution in [1.82, 2.24) is 15.0 Å². The lowest BCUT2D eigenvalue weighted by Crippen LogP contribution is -2.14. The molecule has 1 heterocycles. The molecule has 0 bridgehead atoms. The number of hydrogen-bond acceptors (Lipinski definition) is 3. The summed E-state index contributed by atoms with van der Waals surface area (Å²) in [4.78, 5) is 15.4. The molecule has 42 heavy (non-hydrogen) atoms. The van der Waals surface area contributed by atoms with Crippen LogP contribution in [0.25, 0.3) is 66.8 Å². The van der Waals surface area contributed by atoms with E-state index in [1.54, 1.807) is 0 Å². The first kappa shape index (κ1) is 25.1. The minimum Gasteiger partial charge on any atom is -0.208 e. The third-order valence-corrected chi connectivity index (χ3v) is 9.45. The van der Waals surface area contributed by atoms with Gasteiger partial charge in [-0.2, -0.15) is 0 Å². The molecule has 0 atom stereocenters. The Labute approximate surface area is 253 Å². The van der Waals surface area contributed by atoms with Crippen LogP contribution in [0.1, 0.15) is 25.0 Å². The molecule has 1 aliphatic rings. The second-order valence-electron chi connectivity index (χ2n) is 11.4. The fraction of sp³-hybridized carbons (Fsp3) is 0.0789. The predicted molar refractivity (Wildman–Crippen MR) is 176 cm³/mol. The Hall–Kier alpha value is -4.67. The van der Waals surface area contributed by atoms with E-state index in [1.807, 2.05) is 18.2 Å². The first-order valence-corrected chi connectivity index (χ1v) is 15.0. The maximum Gasteiger partial charge on any atom is 0.165 e. The minimum absolute atomic E-state index is 0.0564. The van der Waals surface area contributed by atoms with Crippen LogP contribution in [0, 0.1) is 0 Å². The van der Waals surface area contributed by atoms with Crippen molar-refractivity contribution in [3.63, 3.8) is 0 Å². The van der Waals surface area contributed by atoms with Crippen molar-refractivity contribution in [2.75, 3.05) is 0 Å². The van der Waals surface area contributed by atoms with Crippen molar-refractivity contribution in [3.8, 4) is 45.3 Å². The van der Waals surface area contributed by atoms with Crippen LogP contribution in [0.4, 0.5) is 0 Å². The van der Waals surface area contributed by atoms with Gasteiger partial charge in [-0.05, 0) is 65.8 Å². The number of fused-ring (bicyclic) bond motifs is 5. The number of rotatable bonds is 3. The van der Waals surface area contributed by atoms with Gasteiger partial charge in [0.1, 0.15) is 0 Å². The van der Waals surface area contributed by atoms with E-state index in [9.17, 15) is 0 Å². The zero-order valence-corrected chi connectivity index (χ0v) is 24.9. The molecule has 0 radical (unpaired) electrons. The monoisotopic (exact) mass is 603 g/mol. The Kier molecular flexibility index (Phi) is 5.63. The van der Waals surface area contributed by atoms with Crippen molar-refractivity contribution >= 4 is 37.5 Å². The van der Waals surface area contributed by atoms with E-state index in [0.717, 1.165) is 42.7 Å². The topological polar surface area (TPSA) is 38.7 Å². The van der Waals surface area contributed by atoms with Gasteiger partial charge in [-0.25, -0.2) is 15.0 Å². The highest BCUT2D eigenvalue weighted by Crippen LogP contribution is 2.49. The van der Waals surface area contributed by atoms with Crippen molar-refractivity contribution < 1.29 is 0 Å². The largest absolute Gasteiger partial charge is 0.208 e. The summed E-state index contributed by atoms with van der Waals surface area (Å²) in [7, 11) is 0. The molecule has 0 spiro atoms. The van der Waals surface area contributed by atoms with Crippen LogP contribution in [0.3, 0.4) is 0 Å². The van der Waals surface area contributed by atoms with E-state index in [2.05, 4.69) is 133 Å². The Balaban J connectivity index is 1.42. The smallest absolute Gasteiger partial charge is 0.165 e. The highest BCUT2D eigenvalue weighted by Gasteiger charge is 2.35. The maximum atomic E-state index is 5.21. The third kappa shape index (κ3) is 3.75. The van der Waals surface area contributed by atoms with Gasteiger partial charge >= 0.3 is 0 Å². The Morgan fingerprint density at radius 3 is 1.69 bits per heavy atom. The van der Waals surface area contributed by atoms with Crippen LogP contribution in [0.15, 0.2) is 126 Å². The normalized spacial score (nSPS) is 13.3. The van der Waals surface area contributed by atoms with Crippen molar-refractivity contribution in [1.29, 1.82) is 0 Å². The molecule has 0 aliphatic heterocycles. The van der Waals surface area contributed by atoms with Crippen LogP contribution in [0.5, 0.6) is 0 Å². The number of aromatic nitrogens is 3. The Bertz CT molecular complexity index is 2130. The number of hydrogen-bond donors (Lipinski definition) is 0. The average molecular weight is 605 g/mol. The summed E-state index contributed by atoms with van der Waals surface area (Å²) in [6.07, 6.45) is 0. The van der Waals surface area contributed by atoms with Crippen molar-refractivity contribution in [3.05, 3.63) is 137 Å². The average Bonchev–Trinajstić information content (AvgIpc) is 3.27. The Morgan fingerprint density at radius 2 is 1.00 bits per heavy atom. The summed E-state index contributed by atoms with van der Waals surface area (Å²) in [6, 6.07) is 42.5. The molecule has 3 nitrogen and oxygen atoms in total. The quantitative estimate of drug-likeness (QED) is 0.188. The minimum atomic E-state index is -0.0564. The SMILES string of the molecule is CC1(C)c2ccccc2-c2cc(-c3nc(-c4ccccc4)nc(-c4c5ccccc5c(Br)c5ccccc45)n3)ccc21. The van der Waals surface area contributed by atoms with Gasteiger partial charge in [0, 0.05) is 26.6 Å². The molecule has 6 aromatic carbocycles. The summed E-state index contributed by atoms with van der Waals surface area (Å²) >= 11 is 3.89. The lowest BCUT2D eigenvalue weighted by Gasteiger charge is -2.21. The van der Waals surface area contributed by atoms with Gasteiger partial charge in [-0.3, -0.25) is 0 Å². The van der Waals surface area contributed by atoms with Crippen LogP contribution in [-0.4, -0.2) is 15.0 Å². The van der Waals surface area contributed by atoms with Crippen molar-refractivity contribution in [2.24, 2.45) is 0 Å². The predicted octanol–water partition coefficient (Wildman–Crippen LogP) is 10.2. The molecular formula is C38H26BrN3. The highest BCUT2D eigenvalue weighted by molar-refractivity contribution is 9.10. The Morgan fingerprint density at radius 1 is 0.476 bits per heavy atom. The highest BCUT2D eigenvalue weighted by atomic mass is 79.9. The molecule has 4 heteroatoms. The van der Waals surface area contributed by atoms with Crippen molar-refractivity contribution in [2.45, 2.75) is 19.3 Å². The molecule has 1 aromatic heterocycles. The van der Waals surface area contributed by atoms with Gasteiger partial charge in [0.15, 0.2) is 17.5 Å². The summed E-state index contributed by atoms with van der Waals surface area (Å²) in [5.74, 6) is 1.99. The standard InChI is InChI=1S/C38H26BrN3/c1-38(2)31-19-11-10-14-25(31)30-22-24(20-21-32(30)38)36-40-35(23-12-4-3-5-13-23)41-37(42-36)33-26-15-6-8-17-28(26)34(39)29-18-9-7-16-27(29)33/h3-22H,1-2H3. The molecule has 200 valence electrons. The van der Waals surface area contributed by atoms with E-state index in [1.165, 1.54) is 22.3 Å². The second-order valence-corrected chi connectivity index (χ2v) is 12.2. The van der Waals surface area contributed by atoms with Crippen LogP contribution in [0.2, 0.25) is 0 Å². The van der Waals surface area contributed by atoms with E-state index in [4.69, 9.17) is 15.0 Å². The van der Waals surface area contributed by atoms with Gasteiger partial charge in [0.25, 0.3) is 0 Å². The van der Waals surface area contributed by atoms with Gasteiger partial charge in [-0.1, -0.05) is 129 Å². The molecule has 0 saturated carbocycles. The third-order valence-electron chi connectivity index (χ3n) is 8.60. The number of halogens is 1. The number of benzene rings is 6. The lowest BCUT2D eigenvalue weighted by atomic mass is 9.82. The molecule has 8 rings (SSSR count). The van der Waals surface area contributed by atoms with Crippen LogP contribution < -0.4 is 0 Å². The second kappa shape index (κ2) is 9.43. The van der Waals surface area contributed by atoms with Crippen LogP contribution in [-0.2, 0) is 5.41 Å². The van der Waals surface area contributed by atoms with E-state index in [0.29, 0.717) is 17.5 Å². The fourth-order valence-corrected chi connectivity index (χ4v) is 7.20. The number of nitrogens with zero attached hydrogens (tertiary/aromatic N) is 3. The fourth-order valence-electron chi connectivity index (χ4n) is 6.51. The molecule has 1 aliphatic carbocycles. The molecule has 7 aromatic rings. The summed E-state index contributed by atoms with van der Waals surface area (Å²) < 4.78 is 1.08. The zero-order valence-electron chi connectivity index (χ0n) is 23.3. The first-order chi connectivity index (χ1) is 20.5. The molecular weight excluding hydrogens is 578 g/mol. The van der Waals surface area contributed by atoms with E-state index >= 15 is 0 Å². The van der Waals surface area contributed by atoms with E-state index < -0.39 is 0 Å². The van der Waals surface area contributed by atoms with Crippen LogP contribution >= 0.6 is 15.9 Å². The van der Waals surface area contributed by atoms with E-state index in [-0.39, 0.29) is 5.41 Å². The molecule has 0 saturated heterocycles. The molecule has 0 unspecified atom stereocenters. The molecule has 0 N–H and O–H groups in total. The van der Waals surface area contributed by atoms with Gasteiger partial charge in [-0.15, -0.1) is 0 Å². The van der Waals surface area contributed by atoms with Gasteiger partial charge in [0.05, 0.1) is 0 Å². The lowest BCUT2D eigenvalue weighted by molar-refractivity contribution is 0.660. The molecule has 0 fully saturated rings. The summed E-state index contributed by atoms with van der Waals surface area (Å²) in [5, 5.41) is 4.46. The summed E-state index contributed by atoms with van der Waals surface area (Å²) in [5.41, 5.74) is 8.10. The van der Waals surface area contributed by atoms with Gasteiger partial charge < -0.3 is 0 Å². The molecule has 0 amide bonds.